The van der Waals surface area contributed by atoms with E-state index in [1.165, 1.54) is 13.0 Å². The van der Waals surface area contributed by atoms with Gasteiger partial charge in [0.1, 0.15) is 29.7 Å². The minimum absolute atomic E-state index is 0.215. The number of aliphatic hydroxyl groups is 1. The van der Waals surface area contributed by atoms with Gasteiger partial charge >= 0.3 is 5.92 Å². The number of hydrogen-bond donors (Lipinski definition) is 1. The highest BCUT2D eigenvalue weighted by Gasteiger charge is 2.57. The summed E-state index contributed by atoms with van der Waals surface area (Å²) in [6.07, 6.45) is 1.96. The number of hydrogen-bond acceptors (Lipinski definition) is 7. The van der Waals surface area contributed by atoms with Crippen molar-refractivity contribution < 1.29 is 22.7 Å². The molecule has 1 aromatic carbocycles. The molecule has 31 heavy (non-hydrogen) atoms. The third-order valence-corrected chi connectivity index (χ3v) is 4.35. The van der Waals surface area contributed by atoms with Crippen LogP contribution in [0.2, 0.25) is 0 Å². The minimum atomic E-state index is -4.17. The van der Waals surface area contributed by atoms with Crippen LogP contribution in [0.1, 0.15) is 23.7 Å². The second-order valence-corrected chi connectivity index (χ2v) is 6.55. The van der Waals surface area contributed by atoms with Gasteiger partial charge in [-0.15, -0.1) is 10.0 Å². The Morgan fingerprint density at radius 2 is 2.03 bits per heavy atom. The minimum Gasteiger partial charge on any atom is -0.377 e. The SMILES string of the molecule is CC(C#Cc1ccc(C(F)(F)C(O)(Cn2cnnn2)c2ccc(F)cc2F)nc1)N=O. The first-order valence-electron chi connectivity index (χ1n) is 8.74. The van der Waals surface area contributed by atoms with Crippen molar-refractivity contribution in [3.8, 4) is 11.8 Å². The Morgan fingerprint density at radius 3 is 2.61 bits per heavy atom. The van der Waals surface area contributed by atoms with E-state index in [4.69, 9.17) is 0 Å². The molecule has 0 spiro atoms. The van der Waals surface area contributed by atoms with E-state index in [0.717, 1.165) is 35.4 Å². The normalized spacial score (nSPS) is 14.3. The van der Waals surface area contributed by atoms with Crippen LogP contribution >= 0.6 is 0 Å². The number of tetrazole rings is 1. The molecule has 12 heteroatoms. The van der Waals surface area contributed by atoms with E-state index in [9.17, 15) is 18.8 Å². The molecule has 2 unspecified atom stereocenters. The number of pyridine rings is 1. The van der Waals surface area contributed by atoms with E-state index >= 15 is 8.78 Å². The van der Waals surface area contributed by atoms with E-state index in [0.29, 0.717) is 6.07 Å². The van der Waals surface area contributed by atoms with Crippen molar-refractivity contribution in [1.29, 1.82) is 0 Å². The van der Waals surface area contributed by atoms with Gasteiger partial charge in [-0.3, -0.25) is 4.98 Å². The fourth-order valence-corrected chi connectivity index (χ4v) is 2.75. The molecule has 160 valence electrons. The standard InChI is InChI=1S/C19H14F4N6O2/c1-12(26-31)2-3-13-4-7-17(24-9-13)19(22,23)18(30,10-29-11-25-27-28-29)15-6-5-14(20)8-16(15)21/h4-9,11-12,30H,10H2,1H3. The largest absolute Gasteiger partial charge is 0.377 e. The smallest absolute Gasteiger partial charge is 0.323 e. The fraction of sp³-hybridized carbons (Fsp3) is 0.263. The Hall–Kier alpha value is -3.72. The molecule has 0 saturated carbocycles. The molecule has 2 atom stereocenters. The summed E-state index contributed by atoms with van der Waals surface area (Å²) in [5.74, 6) is -1.51. The molecule has 0 aliphatic heterocycles. The Morgan fingerprint density at radius 1 is 1.26 bits per heavy atom. The molecule has 3 rings (SSSR count). The van der Waals surface area contributed by atoms with Crippen molar-refractivity contribution in [2.75, 3.05) is 0 Å². The quantitative estimate of drug-likeness (QED) is 0.363. The lowest BCUT2D eigenvalue weighted by Gasteiger charge is -2.35. The number of aromatic nitrogens is 5. The van der Waals surface area contributed by atoms with Crippen molar-refractivity contribution in [1.82, 2.24) is 25.2 Å². The van der Waals surface area contributed by atoms with Gasteiger partial charge in [0.05, 0.1) is 6.54 Å². The van der Waals surface area contributed by atoms with Crippen molar-refractivity contribution in [3.05, 3.63) is 76.2 Å². The Kier molecular flexibility index (Phi) is 6.07. The van der Waals surface area contributed by atoms with Gasteiger partial charge in [-0.1, -0.05) is 17.0 Å². The zero-order valence-electron chi connectivity index (χ0n) is 15.9. The maximum atomic E-state index is 15.5. The number of alkyl halides is 2. The molecule has 0 bridgehead atoms. The summed E-state index contributed by atoms with van der Waals surface area (Å²) < 4.78 is 59.6. The van der Waals surface area contributed by atoms with Gasteiger partial charge in [-0.05, 0) is 41.6 Å². The number of benzene rings is 1. The second-order valence-electron chi connectivity index (χ2n) is 6.55. The summed E-state index contributed by atoms with van der Waals surface area (Å²) in [7, 11) is 0. The molecule has 0 amide bonds. The van der Waals surface area contributed by atoms with Crippen LogP contribution in [-0.2, 0) is 18.1 Å². The lowest BCUT2D eigenvalue weighted by atomic mass is 9.84. The predicted molar refractivity (Wildman–Crippen MR) is 98.3 cm³/mol. The van der Waals surface area contributed by atoms with Gasteiger partial charge in [-0.2, -0.15) is 8.78 Å². The Balaban J connectivity index is 2.06. The summed E-state index contributed by atoms with van der Waals surface area (Å²) in [6, 6.07) is 3.13. The average Bonchev–Trinajstić information content (AvgIpc) is 3.24. The monoisotopic (exact) mass is 434 g/mol. The highest BCUT2D eigenvalue weighted by Crippen LogP contribution is 2.46. The van der Waals surface area contributed by atoms with Gasteiger partial charge in [0.2, 0.25) is 0 Å². The highest BCUT2D eigenvalue weighted by atomic mass is 19.3. The topological polar surface area (TPSA) is 106 Å². The molecule has 2 heterocycles. The fourth-order valence-electron chi connectivity index (χ4n) is 2.75. The summed E-state index contributed by atoms with van der Waals surface area (Å²) in [4.78, 5) is 14.0. The lowest BCUT2D eigenvalue weighted by molar-refractivity contribution is -0.207. The van der Waals surface area contributed by atoms with Crippen LogP contribution in [0.3, 0.4) is 0 Å². The maximum absolute atomic E-state index is 15.5. The molecule has 2 aromatic heterocycles. The molecule has 0 aliphatic carbocycles. The molecular formula is C19H14F4N6O2. The van der Waals surface area contributed by atoms with Crippen molar-refractivity contribution in [2.24, 2.45) is 5.18 Å². The van der Waals surface area contributed by atoms with Crippen LogP contribution in [0.25, 0.3) is 0 Å². The van der Waals surface area contributed by atoms with Crippen LogP contribution in [0.4, 0.5) is 17.6 Å². The summed E-state index contributed by atoms with van der Waals surface area (Å²) in [5, 5.41) is 23.8. The maximum Gasteiger partial charge on any atom is 0.323 e. The highest BCUT2D eigenvalue weighted by molar-refractivity contribution is 5.36. The molecule has 0 aliphatic rings. The molecule has 8 nitrogen and oxygen atoms in total. The zero-order valence-corrected chi connectivity index (χ0v) is 15.9. The van der Waals surface area contributed by atoms with E-state index in [2.05, 4.69) is 37.5 Å². The summed E-state index contributed by atoms with van der Waals surface area (Å²) >= 11 is 0. The van der Waals surface area contributed by atoms with Crippen LogP contribution in [0, 0.1) is 28.4 Å². The number of rotatable bonds is 6. The number of nitrogens with zero attached hydrogens (tertiary/aromatic N) is 6. The van der Waals surface area contributed by atoms with Crippen LogP contribution < -0.4 is 0 Å². The summed E-state index contributed by atoms with van der Waals surface area (Å²) in [5.41, 5.74) is -4.78. The van der Waals surface area contributed by atoms with Gasteiger partial charge in [0, 0.05) is 23.4 Å². The Labute approximate surface area is 172 Å². The van der Waals surface area contributed by atoms with Crippen molar-refractivity contribution >= 4 is 0 Å². The summed E-state index contributed by atoms with van der Waals surface area (Å²) in [6.45, 7) is 0.494. The predicted octanol–water partition coefficient (Wildman–Crippen LogP) is 2.53. The van der Waals surface area contributed by atoms with Gasteiger partial charge < -0.3 is 5.11 Å². The van der Waals surface area contributed by atoms with Gasteiger partial charge in [0.15, 0.2) is 5.60 Å². The lowest BCUT2D eigenvalue weighted by Crippen LogP contribution is -2.48. The molecule has 0 saturated heterocycles. The molecular weight excluding hydrogens is 420 g/mol. The van der Waals surface area contributed by atoms with E-state index in [1.54, 1.807) is 0 Å². The first-order valence-corrected chi connectivity index (χ1v) is 8.74. The molecule has 1 N–H and O–H groups in total. The van der Waals surface area contributed by atoms with E-state index in [1.807, 2.05) is 0 Å². The van der Waals surface area contributed by atoms with E-state index in [-0.39, 0.29) is 5.56 Å². The van der Waals surface area contributed by atoms with Gasteiger partial charge in [0.25, 0.3) is 0 Å². The van der Waals surface area contributed by atoms with Crippen molar-refractivity contribution in [3.63, 3.8) is 0 Å². The first-order chi connectivity index (χ1) is 14.7. The second kappa shape index (κ2) is 8.57. The average molecular weight is 434 g/mol. The van der Waals surface area contributed by atoms with Crippen LogP contribution in [0.15, 0.2) is 48.0 Å². The zero-order chi connectivity index (χ0) is 22.6. The molecule has 3 aromatic rings. The third kappa shape index (κ3) is 4.41. The first kappa shape index (κ1) is 22.0. The van der Waals surface area contributed by atoms with Crippen LogP contribution in [0.5, 0.6) is 0 Å². The number of halogens is 4. The van der Waals surface area contributed by atoms with E-state index < -0.39 is 47.0 Å². The van der Waals surface area contributed by atoms with Crippen molar-refractivity contribution in [2.45, 2.75) is 31.0 Å². The third-order valence-electron chi connectivity index (χ3n) is 4.35. The van der Waals surface area contributed by atoms with Gasteiger partial charge in [-0.25, -0.2) is 13.5 Å². The number of nitroso groups, excluding NO2 is 1. The Bertz CT molecular complexity index is 1130. The molecule has 0 radical (unpaired) electrons. The molecule has 0 fully saturated rings. The van der Waals surface area contributed by atoms with Crippen LogP contribution in [-0.4, -0.2) is 36.3 Å².